The summed E-state index contributed by atoms with van der Waals surface area (Å²) in [5.74, 6) is 2.14. The molecule has 3 rings (SSSR count). The second-order valence-electron chi connectivity index (χ2n) is 4.47. The van der Waals surface area contributed by atoms with E-state index in [1.807, 2.05) is 0 Å². The first kappa shape index (κ1) is 9.15. The summed E-state index contributed by atoms with van der Waals surface area (Å²) in [6, 6.07) is 0.587. The van der Waals surface area contributed by atoms with Crippen molar-refractivity contribution in [3.63, 3.8) is 0 Å². The average molecular weight is 208 g/mol. The fraction of sp³-hybridized carbons (Fsp3) is 0.800. The molecule has 1 unspecified atom stereocenters. The highest BCUT2D eigenvalue weighted by Crippen LogP contribution is 2.38. The lowest BCUT2D eigenvalue weighted by Gasteiger charge is -2.06. The Kier molecular flexibility index (Phi) is 2.32. The number of rotatable bonds is 4. The van der Waals surface area contributed by atoms with Crippen molar-refractivity contribution >= 4 is 6.01 Å². The van der Waals surface area contributed by atoms with Gasteiger partial charge in [0.15, 0.2) is 5.82 Å². The Balaban J connectivity index is 1.52. The van der Waals surface area contributed by atoms with Crippen molar-refractivity contribution in [1.82, 2.24) is 15.5 Å². The molecule has 0 bridgehead atoms. The van der Waals surface area contributed by atoms with Crippen LogP contribution in [0.4, 0.5) is 6.01 Å². The van der Waals surface area contributed by atoms with E-state index < -0.39 is 0 Å². The molecule has 15 heavy (non-hydrogen) atoms. The van der Waals surface area contributed by atoms with Gasteiger partial charge in [0.1, 0.15) is 0 Å². The normalized spacial score (nSPS) is 25.7. The summed E-state index contributed by atoms with van der Waals surface area (Å²) >= 11 is 0. The fourth-order valence-corrected chi connectivity index (χ4v) is 1.93. The van der Waals surface area contributed by atoms with Crippen molar-refractivity contribution in [2.45, 2.75) is 25.2 Å². The van der Waals surface area contributed by atoms with Gasteiger partial charge in [-0.1, -0.05) is 5.16 Å². The summed E-state index contributed by atoms with van der Waals surface area (Å²) in [5, 5.41) is 10.5. The molecule has 1 atom stereocenters. The molecule has 2 fully saturated rings. The SMILES string of the molecule is C1CC(CNc2nc(C3CC3)no2)CN1. The minimum atomic E-state index is 0.567. The van der Waals surface area contributed by atoms with Gasteiger partial charge in [-0.2, -0.15) is 4.98 Å². The number of hydrogen-bond donors (Lipinski definition) is 2. The smallest absolute Gasteiger partial charge is 0.321 e. The van der Waals surface area contributed by atoms with Crippen LogP contribution in [0.3, 0.4) is 0 Å². The molecule has 5 heteroatoms. The molecule has 0 radical (unpaired) electrons. The van der Waals surface area contributed by atoms with E-state index in [0.717, 1.165) is 25.5 Å². The van der Waals surface area contributed by atoms with E-state index >= 15 is 0 Å². The highest BCUT2D eigenvalue weighted by Gasteiger charge is 2.28. The van der Waals surface area contributed by atoms with Gasteiger partial charge in [0.2, 0.25) is 0 Å². The van der Waals surface area contributed by atoms with Gasteiger partial charge in [0, 0.05) is 12.5 Å². The summed E-state index contributed by atoms with van der Waals surface area (Å²) in [7, 11) is 0. The summed E-state index contributed by atoms with van der Waals surface area (Å²) in [5.41, 5.74) is 0. The molecular weight excluding hydrogens is 192 g/mol. The molecule has 0 amide bonds. The highest BCUT2D eigenvalue weighted by molar-refractivity contribution is 5.20. The number of anilines is 1. The fourth-order valence-electron chi connectivity index (χ4n) is 1.93. The first-order chi connectivity index (χ1) is 7.42. The maximum Gasteiger partial charge on any atom is 0.321 e. The van der Waals surface area contributed by atoms with Gasteiger partial charge in [0.25, 0.3) is 0 Å². The Labute approximate surface area is 88.6 Å². The van der Waals surface area contributed by atoms with Crippen LogP contribution in [0.15, 0.2) is 4.52 Å². The minimum Gasteiger partial charge on any atom is -0.337 e. The summed E-state index contributed by atoms with van der Waals surface area (Å²) in [6.45, 7) is 3.15. The average Bonchev–Trinajstić information content (AvgIpc) is 2.82. The molecular formula is C10H16N4O. The van der Waals surface area contributed by atoms with Gasteiger partial charge in [-0.25, -0.2) is 0 Å². The van der Waals surface area contributed by atoms with Gasteiger partial charge in [-0.05, 0) is 38.3 Å². The van der Waals surface area contributed by atoms with Crippen LogP contribution < -0.4 is 10.6 Å². The second kappa shape index (κ2) is 3.81. The summed E-state index contributed by atoms with van der Waals surface area (Å²) < 4.78 is 5.13. The molecule has 82 valence electrons. The maximum absolute atomic E-state index is 5.13. The molecule has 1 saturated heterocycles. The number of nitrogens with one attached hydrogen (secondary N) is 2. The van der Waals surface area contributed by atoms with E-state index in [-0.39, 0.29) is 0 Å². The predicted molar refractivity (Wildman–Crippen MR) is 55.7 cm³/mol. The predicted octanol–water partition coefficient (Wildman–Crippen LogP) is 0.968. The number of aromatic nitrogens is 2. The van der Waals surface area contributed by atoms with Crippen LogP contribution in [0, 0.1) is 5.92 Å². The molecule has 1 aromatic heterocycles. The zero-order valence-corrected chi connectivity index (χ0v) is 8.70. The van der Waals surface area contributed by atoms with Crippen LogP contribution in [0.2, 0.25) is 0 Å². The minimum absolute atomic E-state index is 0.567. The van der Waals surface area contributed by atoms with Crippen molar-refractivity contribution in [3.8, 4) is 0 Å². The van der Waals surface area contributed by atoms with E-state index in [1.165, 1.54) is 19.3 Å². The van der Waals surface area contributed by atoms with Crippen molar-refractivity contribution in [3.05, 3.63) is 5.82 Å². The largest absolute Gasteiger partial charge is 0.337 e. The van der Waals surface area contributed by atoms with Gasteiger partial charge in [0.05, 0.1) is 0 Å². The molecule has 1 saturated carbocycles. The van der Waals surface area contributed by atoms with Crippen LogP contribution in [-0.2, 0) is 0 Å². The van der Waals surface area contributed by atoms with Crippen LogP contribution in [0.1, 0.15) is 31.0 Å². The Morgan fingerprint density at radius 2 is 2.33 bits per heavy atom. The Morgan fingerprint density at radius 3 is 3.07 bits per heavy atom. The molecule has 1 aliphatic carbocycles. The molecule has 2 N–H and O–H groups in total. The lowest BCUT2D eigenvalue weighted by Crippen LogP contribution is -2.17. The van der Waals surface area contributed by atoms with E-state index in [9.17, 15) is 0 Å². The number of nitrogens with zero attached hydrogens (tertiary/aromatic N) is 2. The van der Waals surface area contributed by atoms with E-state index in [2.05, 4.69) is 20.8 Å². The van der Waals surface area contributed by atoms with E-state index in [0.29, 0.717) is 17.9 Å². The van der Waals surface area contributed by atoms with Gasteiger partial charge >= 0.3 is 6.01 Å². The van der Waals surface area contributed by atoms with Crippen molar-refractivity contribution < 1.29 is 4.52 Å². The zero-order chi connectivity index (χ0) is 10.1. The number of hydrogen-bond acceptors (Lipinski definition) is 5. The second-order valence-corrected chi connectivity index (χ2v) is 4.47. The van der Waals surface area contributed by atoms with Crippen LogP contribution in [0.5, 0.6) is 0 Å². The lowest BCUT2D eigenvalue weighted by atomic mass is 10.1. The van der Waals surface area contributed by atoms with Crippen molar-refractivity contribution in [2.24, 2.45) is 5.92 Å². The Hall–Kier alpha value is -1.10. The molecule has 5 nitrogen and oxygen atoms in total. The third-order valence-corrected chi connectivity index (χ3v) is 3.09. The third-order valence-electron chi connectivity index (χ3n) is 3.09. The van der Waals surface area contributed by atoms with Crippen molar-refractivity contribution in [1.29, 1.82) is 0 Å². The van der Waals surface area contributed by atoms with Gasteiger partial charge in [-0.15, -0.1) is 0 Å². The van der Waals surface area contributed by atoms with Crippen LogP contribution >= 0.6 is 0 Å². The molecule has 2 heterocycles. The summed E-state index contributed by atoms with van der Waals surface area (Å²) in [6.07, 6.45) is 3.66. The first-order valence-electron chi connectivity index (χ1n) is 5.70. The monoisotopic (exact) mass is 208 g/mol. The quantitative estimate of drug-likeness (QED) is 0.772. The van der Waals surface area contributed by atoms with E-state index in [1.54, 1.807) is 0 Å². The Bertz CT molecular complexity index is 328. The maximum atomic E-state index is 5.13. The highest BCUT2D eigenvalue weighted by atomic mass is 16.5. The standard InChI is InChI=1S/C10H16N4O/c1-2-8(1)9-13-10(15-14-9)12-6-7-3-4-11-5-7/h7-8,11H,1-6H2,(H,12,13,14). The van der Waals surface area contributed by atoms with Gasteiger partial charge < -0.3 is 15.2 Å². The van der Waals surface area contributed by atoms with Crippen molar-refractivity contribution in [2.75, 3.05) is 25.0 Å². The Morgan fingerprint density at radius 1 is 1.40 bits per heavy atom. The summed E-state index contributed by atoms with van der Waals surface area (Å²) in [4.78, 5) is 4.32. The molecule has 0 spiro atoms. The first-order valence-corrected chi connectivity index (χ1v) is 5.70. The lowest BCUT2D eigenvalue weighted by molar-refractivity contribution is 0.419. The van der Waals surface area contributed by atoms with E-state index in [4.69, 9.17) is 4.52 Å². The van der Waals surface area contributed by atoms with Gasteiger partial charge in [-0.3, -0.25) is 0 Å². The van der Waals surface area contributed by atoms with Crippen LogP contribution in [-0.4, -0.2) is 29.8 Å². The third kappa shape index (κ3) is 2.12. The molecule has 1 aliphatic heterocycles. The molecule has 2 aliphatic rings. The molecule has 1 aromatic rings. The molecule has 0 aromatic carbocycles. The van der Waals surface area contributed by atoms with Crippen LogP contribution in [0.25, 0.3) is 0 Å². The zero-order valence-electron chi connectivity index (χ0n) is 8.70. The topological polar surface area (TPSA) is 63.0 Å².